The summed E-state index contributed by atoms with van der Waals surface area (Å²) in [6.07, 6.45) is 3.38. The maximum absolute atomic E-state index is 11.9. The summed E-state index contributed by atoms with van der Waals surface area (Å²) < 4.78 is 0. The first-order valence-electron chi connectivity index (χ1n) is 5.70. The Balaban J connectivity index is 2.44. The van der Waals surface area contributed by atoms with Crippen LogP contribution in [0.15, 0.2) is 17.5 Å². The van der Waals surface area contributed by atoms with Gasteiger partial charge in [0.15, 0.2) is 0 Å². The number of carbonyl (C=O) groups excluding carboxylic acids is 1. The van der Waals surface area contributed by atoms with E-state index < -0.39 is 6.04 Å². The fraction of sp³-hybridized carbons (Fsp3) is 0.583. The van der Waals surface area contributed by atoms with Crippen molar-refractivity contribution < 1.29 is 4.79 Å². The molecule has 1 aromatic heterocycles. The van der Waals surface area contributed by atoms with E-state index in [2.05, 4.69) is 6.92 Å². The Morgan fingerprint density at radius 2 is 2.31 bits per heavy atom. The van der Waals surface area contributed by atoms with Gasteiger partial charge in [0.05, 0.1) is 0 Å². The molecule has 0 aliphatic carbocycles. The molecule has 3 nitrogen and oxygen atoms in total. The van der Waals surface area contributed by atoms with Gasteiger partial charge in [-0.05, 0) is 17.9 Å². The van der Waals surface area contributed by atoms with Crippen molar-refractivity contribution in [2.75, 3.05) is 13.6 Å². The van der Waals surface area contributed by atoms with Crippen molar-refractivity contribution in [3.63, 3.8) is 0 Å². The Labute approximate surface area is 101 Å². The summed E-state index contributed by atoms with van der Waals surface area (Å²) in [6, 6.07) is 3.34. The number of nitrogens with two attached hydrogens (primary N) is 1. The van der Waals surface area contributed by atoms with Crippen molar-refractivity contribution in [3.8, 4) is 0 Å². The fourth-order valence-electron chi connectivity index (χ4n) is 1.54. The molecule has 0 spiro atoms. The predicted molar refractivity (Wildman–Crippen MR) is 68.4 cm³/mol. The zero-order valence-electron chi connectivity index (χ0n) is 9.98. The summed E-state index contributed by atoms with van der Waals surface area (Å²) in [5.41, 5.74) is 5.91. The van der Waals surface area contributed by atoms with E-state index in [1.165, 1.54) is 17.8 Å². The van der Waals surface area contributed by atoms with Gasteiger partial charge in [-0.25, -0.2) is 0 Å². The Morgan fingerprint density at radius 1 is 1.56 bits per heavy atom. The second-order valence-corrected chi connectivity index (χ2v) is 4.94. The van der Waals surface area contributed by atoms with Crippen LogP contribution in [-0.2, 0) is 4.79 Å². The third kappa shape index (κ3) is 3.61. The van der Waals surface area contributed by atoms with Crippen molar-refractivity contribution >= 4 is 17.2 Å². The summed E-state index contributed by atoms with van der Waals surface area (Å²) in [7, 11) is 1.82. The average Bonchev–Trinajstić information content (AvgIpc) is 2.80. The number of unbranched alkanes of at least 4 members (excludes halogenated alkanes) is 2. The van der Waals surface area contributed by atoms with E-state index in [0.29, 0.717) is 0 Å². The summed E-state index contributed by atoms with van der Waals surface area (Å²) in [5, 5.41) is 1.94. The SMILES string of the molecule is CCCCCN(C)C(=O)C(N)c1cccs1. The monoisotopic (exact) mass is 240 g/mol. The van der Waals surface area contributed by atoms with Crippen LogP contribution in [0.3, 0.4) is 0 Å². The van der Waals surface area contributed by atoms with Gasteiger partial charge in [-0.15, -0.1) is 11.3 Å². The lowest BCUT2D eigenvalue weighted by Crippen LogP contribution is -2.36. The van der Waals surface area contributed by atoms with E-state index in [0.717, 1.165) is 24.3 Å². The van der Waals surface area contributed by atoms with Crippen molar-refractivity contribution in [3.05, 3.63) is 22.4 Å². The molecule has 1 unspecified atom stereocenters. The molecule has 0 radical (unpaired) electrons. The molecule has 0 aliphatic rings. The number of nitrogens with zero attached hydrogens (tertiary/aromatic N) is 1. The van der Waals surface area contributed by atoms with Gasteiger partial charge in [-0.1, -0.05) is 25.8 Å². The number of rotatable bonds is 6. The molecule has 1 heterocycles. The third-order valence-electron chi connectivity index (χ3n) is 2.59. The topological polar surface area (TPSA) is 46.3 Å². The Hall–Kier alpha value is -0.870. The van der Waals surface area contributed by atoms with Crippen molar-refractivity contribution in [2.45, 2.75) is 32.2 Å². The van der Waals surface area contributed by atoms with Gasteiger partial charge >= 0.3 is 0 Å². The Bertz CT molecular complexity index is 311. The zero-order valence-corrected chi connectivity index (χ0v) is 10.8. The molecule has 90 valence electrons. The molecule has 4 heteroatoms. The molecule has 0 fully saturated rings. The smallest absolute Gasteiger partial charge is 0.244 e. The number of likely N-dealkylation sites (N-methyl/N-ethyl adjacent to an activating group) is 1. The average molecular weight is 240 g/mol. The van der Waals surface area contributed by atoms with Crippen molar-refractivity contribution in [1.82, 2.24) is 4.90 Å². The Morgan fingerprint density at radius 3 is 2.88 bits per heavy atom. The molecular weight excluding hydrogens is 220 g/mol. The molecular formula is C12H20N2OS. The lowest BCUT2D eigenvalue weighted by atomic mass is 10.2. The first-order valence-corrected chi connectivity index (χ1v) is 6.58. The highest BCUT2D eigenvalue weighted by molar-refractivity contribution is 7.10. The highest BCUT2D eigenvalue weighted by Gasteiger charge is 2.19. The van der Waals surface area contributed by atoms with Crippen LogP contribution < -0.4 is 5.73 Å². The van der Waals surface area contributed by atoms with Crippen LogP contribution >= 0.6 is 11.3 Å². The molecule has 1 aromatic rings. The second-order valence-electron chi connectivity index (χ2n) is 3.96. The minimum Gasteiger partial charge on any atom is -0.344 e. The second kappa shape index (κ2) is 6.66. The highest BCUT2D eigenvalue weighted by Crippen LogP contribution is 2.18. The lowest BCUT2D eigenvalue weighted by Gasteiger charge is -2.20. The quantitative estimate of drug-likeness (QED) is 0.776. The molecule has 0 aliphatic heterocycles. The maximum atomic E-state index is 11.9. The van der Waals surface area contributed by atoms with E-state index >= 15 is 0 Å². The van der Waals surface area contributed by atoms with E-state index in [-0.39, 0.29) is 5.91 Å². The van der Waals surface area contributed by atoms with E-state index in [1.807, 2.05) is 24.6 Å². The van der Waals surface area contributed by atoms with Crippen LogP contribution in [-0.4, -0.2) is 24.4 Å². The number of carbonyl (C=O) groups is 1. The first-order chi connectivity index (χ1) is 7.66. The minimum atomic E-state index is -0.494. The fourth-order valence-corrected chi connectivity index (χ4v) is 2.26. The van der Waals surface area contributed by atoms with Gasteiger partial charge in [0, 0.05) is 18.5 Å². The predicted octanol–water partition coefficient (Wildman–Crippen LogP) is 2.40. The first kappa shape index (κ1) is 13.2. The lowest BCUT2D eigenvalue weighted by molar-refractivity contribution is -0.131. The minimum absolute atomic E-state index is 0.0125. The number of hydrogen-bond donors (Lipinski definition) is 1. The van der Waals surface area contributed by atoms with Crippen LogP contribution in [0.25, 0.3) is 0 Å². The molecule has 16 heavy (non-hydrogen) atoms. The number of hydrogen-bond acceptors (Lipinski definition) is 3. The normalized spacial score (nSPS) is 12.4. The van der Waals surface area contributed by atoms with Crippen molar-refractivity contribution in [1.29, 1.82) is 0 Å². The molecule has 0 bridgehead atoms. The van der Waals surface area contributed by atoms with Gasteiger partial charge < -0.3 is 10.6 Å². The van der Waals surface area contributed by atoms with E-state index in [4.69, 9.17) is 5.73 Å². The van der Waals surface area contributed by atoms with E-state index in [1.54, 1.807) is 4.90 Å². The van der Waals surface area contributed by atoms with Crippen LogP contribution in [0.5, 0.6) is 0 Å². The molecule has 1 rings (SSSR count). The number of thiophene rings is 1. The van der Waals surface area contributed by atoms with Gasteiger partial charge in [-0.2, -0.15) is 0 Å². The summed E-state index contributed by atoms with van der Waals surface area (Å²) in [5.74, 6) is 0.0125. The van der Waals surface area contributed by atoms with Crippen LogP contribution in [0.4, 0.5) is 0 Å². The van der Waals surface area contributed by atoms with Gasteiger partial charge in [-0.3, -0.25) is 4.79 Å². The molecule has 0 aromatic carbocycles. The van der Waals surface area contributed by atoms with Gasteiger partial charge in [0.1, 0.15) is 6.04 Å². The summed E-state index contributed by atoms with van der Waals surface area (Å²) >= 11 is 1.53. The molecule has 1 amide bonds. The summed E-state index contributed by atoms with van der Waals surface area (Å²) in [4.78, 5) is 14.6. The highest BCUT2D eigenvalue weighted by atomic mass is 32.1. The molecule has 0 saturated heterocycles. The Kier molecular flexibility index (Phi) is 5.49. The third-order valence-corrected chi connectivity index (χ3v) is 3.54. The van der Waals surface area contributed by atoms with Crippen LogP contribution in [0.1, 0.15) is 37.1 Å². The van der Waals surface area contributed by atoms with Gasteiger partial charge in [0.25, 0.3) is 0 Å². The molecule has 0 saturated carbocycles. The zero-order chi connectivity index (χ0) is 12.0. The maximum Gasteiger partial charge on any atom is 0.244 e. The standard InChI is InChI=1S/C12H20N2OS/c1-3-4-5-8-14(2)12(15)11(13)10-7-6-9-16-10/h6-7,9,11H,3-5,8,13H2,1-2H3. The van der Waals surface area contributed by atoms with Crippen molar-refractivity contribution in [2.24, 2.45) is 5.73 Å². The van der Waals surface area contributed by atoms with Crippen LogP contribution in [0, 0.1) is 0 Å². The molecule has 1 atom stereocenters. The van der Waals surface area contributed by atoms with E-state index in [9.17, 15) is 4.79 Å². The summed E-state index contributed by atoms with van der Waals surface area (Å²) in [6.45, 7) is 2.95. The van der Waals surface area contributed by atoms with Gasteiger partial charge in [0.2, 0.25) is 5.91 Å². The largest absolute Gasteiger partial charge is 0.344 e. The number of amides is 1. The van der Waals surface area contributed by atoms with Crippen LogP contribution in [0.2, 0.25) is 0 Å². The molecule has 2 N–H and O–H groups in total.